The molecule has 0 aliphatic rings. The van der Waals surface area contributed by atoms with Crippen LogP contribution in [0.4, 0.5) is 5.82 Å². The van der Waals surface area contributed by atoms with Crippen molar-refractivity contribution in [2.75, 3.05) is 5.73 Å². The topological polar surface area (TPSA) is 117 Å². The number of hydrogen-bond acceptors (Lipinski definition) is 8. The summed E-state index contributed by atoms with van der Waals surface area (Å²) in [5, 5.41) is 10.7. The Morgan fingerprint density at radius 1 is 1.19 bits per heavy atom. The molecule has 0 unspecified atom stereocenters. The molecule has 0 saturated heterocycles. The monoisotopic (exact) mass is 219 g/mol. The Balaban J connectivity index is 2.03. The maximum atomic E-state index is 5.49. The summed E-state index contributed by atoms with van der Waals surface area (Å²) in [6.07, 6.45) is 3.01. The zero-order chi connectivity index (χ0) is 11.0. The lowest BCUT2D eigenvalue weighted by Crippen LogP contribution is -1.88. The highest BCUT2D eigenvalue weighted by Crippen LogP contribution is 2.23. The Morgan fingerprint density at radius 2 is 2.12 bits per heavy atom. The van der Waals surface area contributed by atoms with Gasteiger partial charge < -0.3 is 14.7 Å². The van der Waals surface area contributed by atoms with Gasteiger partial charge in [0.25, 0.3) is 5.89 Å². The molecule has 2 N–H and O–H groups in total. The molecule has 3 aromatic rings. The van der Waals surface area contributed by atoms with Crippen molar-refractivity contribution >= 4 is 5.82 Å². The van der Waals surface area contributed by atoms with E-state index in [0.717, 1.165) is 0 Å². The van der Waals surface area contributed by atoms with Crippen LogP contribution >= 0.6 is 0 Å². The van der Waals surface area contributed by atoms with Gasteiger partial charge in [0.05, 0.1) is 11.8 Å². The second kappa shape index (κ2) is 3.19. The first-order chi connectivity index (χ1) is 7.84. The third kappa shape index (κ3) is 1.24. The maximum Gasteiger partial charge on any atom is 0.284 e. The molecule has 3 aromatic heterocycles. The molecule has 0 aliphatic carbocycles. The van der Waals surface area contributed by atoms with Crippen LogP contribution < -0.4 is 5.73 Å². The van der Waals surface area contributed by atoms with E-state index in [-0.39, 0.29) is 17.4 Å². The van der Waals surface area contributed by atoms with Gasteiger partial charge in [-0.15, -0.1) is 0 Å². The second-order valence-electron chi connectivity index (χ2n) is 2.93. The number of hydrogen-bond donors (Lipinski definition) is 1. The first-order valence-corrected chi connectivity index (χ1v) is 4.29. The molecule has 3 heterocycles. The Hall–Kier alpha value is -2.64. The molecule has 0 radical (unpaired) electrons. The van der Waals surface area contributed by atoms with Crippen LogP contribution in [0.25, 0.3) is 23.0 Å². The number of nitrogens with two attached hydrogens (primary N) is 1. The van der Waals surface area contributed by atoms with Gasteiger partial charge in [-0.25, -0.2) is 4.63 Å². The number of furan rings is 1. The average molecular weight is 219 g/mol. The summed E-state index contributed by atoms with van der Waals surface area (Å²) in [7, 11) is 0. The van der Waals surface area contributed by atoms with Crippen molar-refractivity contribution in [2.24, 2.45) is 0 Å². The fourth-order valence-corrected chi connectivity index (χ4v) is 1.17. The molecule has 3 rings (SSSR count). The van der Waals surface area contributed by atoms with Gasteiger partial charge in [-0.05, 0) is 16.4 Å². The molecule has 0 bridgehead atoms. The van der Waals surface area contributed by atoms with E-state index in [1.807, 2.05) is 0 Å². The summed E-state index contributed by atoms with van der Waals surface area (Å²) in [6, 6.07) is 1.71. The third-order valence-electron chi connectivity index (χ3n) is 1.92. The average Bonchev–Trinajstić information content (AvgIpc) is 2.96. The number of anilines is 1. The first kappa shape index (κ1) is 8.65. The molecule has 0 spiro atoms. The van der Waals surface area contributed by atoms with E-state index in [0.29, 0.717) is 11.4 Å². The number of rotatable bonds is 2. The molecule has 0 atom stereocenters. The van der Waals surface area contributed by atoms with Gasteiger partial charge >= 0.3 is 0 Å². The summed E-state index contributed by atoms with van der Waals surface area (Å²) in [4.78, 5) is 4.08. The molecule has 16 heavy (non-hydrogen) atoms. The molecule has 8 heteroatoms. The predicted octanol–water partition coefficient (Wildman–Crippen LogP) is 0.962. The minimum Gasteiger partial charge on any atom is -0.472 e. The third-order valence-corrected chi connectivity index (χ3v) is 1.92. The van der Waals surface area contributed by atoms with Gasteiger partial charge in [0.15, 0.2) is 0 Å². The Bertz CT molecular complexity index is 597. The zero-order valence-corrected chi connectivity index (χ0v) is 7.82. The van der Waals surface area contributed by atoms with E-state index in [1.165, 1.54) is 12.5 Å². The van der Waals surface area contributed by atoms with Crippen molar-refractivity contribution in [3.8, 4) is 23.0 Å². The molecule has 0 amide bonds. The molecular formula is C8H5N5O3. The number of aromatic nitrogens is 4. The predicted molar refractivity (Wildman–Crippen MR) is 49.7 cm³/mol. The summed E-state index contributed by atoms with van der Waals surface area (Å²) in [5.41, 5.74) is 6.41. The molecule has 0 fully saturated rings. The van der Waals surface area contributed by atoms with Crippen molar-refractivity contribution < 1.29 is 13.6 Å². The Kier molecular flexibility index (Phi) is 1.72. The van der Waals surface area contributed by atoms with Crippen molar-refractivity contribution in [1.82, 2.24) is 20.5 Å². The van der Waals surface area contributed by atoms with Gasteiger partial charge in [0.1, 0.15) is 6.26 Å². The van der Waals surface area contributed by atoms with Crippen LogP contribution in [0.1, 0.15) is 0 Å². The van der Waals surface area contributed by atoms with Crippen LogP contribution in [0.2, 0.25) is 0 Å². The van der Waals surface area contributed by atoms with E-state index in [2.05, 4.69) is 25.1 Å². The highest BCUT2D eigenvalue weighted by Gasteiger charge is 2.17. The highest BCUT2D eigenvalue weighted by atomic mass is 16.6. The van der Waals surface area contributed by atoms with Gasteiger partial charge in [-0.3, -0.25) is 0 Å². The van der Waals surface area contributed by atoms with Crippen LogP contribution in [0.3, 0.4) is 0 Å². The minimum atomic E-state index is 0.0994. The van der Waals surface area contributed by atoms with Crippen LogP contribution in [-0.4, -0.2) is 20.5 Å². The van der Waals surface area contributed by atoms with Crippen molar-refractivity contribution in [1.29, 1.82) is 0 Å². The maximum absolute atomic E-state index is 5.49. The van der Waals surface area contributed by atoms with Gasteiger partial charge in [0, 0.05) is 0 Å². The smallest absolute Gasteiger partial charge is 0.284 e. The fourth-order valence-electron chi connectivity index (χ4n) is 1.17. The zero-order valence-electron chi connectivity index (χ0n) is 7.82. The summed E-state index contributed by atoms with van der Waals surface area (Å²) < 4.78 is 14.3. The second-order valence-corrected chi connectivity index (χ2v) is 2.93. The molecular weight excluding hydrogens is 214 g/mol. The largest absolute Gasteiger partial charge is 0.472 e. The van der Waals surface area contributed by atoms with Gasteiger partial charge in [0.2, 0.25) is 17.3 Å². The van der Waals surface area contributed by atoms with Crippen molar-refractivity contribution in [3.63, 3.8) is 0 Å². The van der Waals surface area contributed by atoms with E-state index in [9.17, 15) is 0 Å². The normalized spacial score (nSPS) is 10.8. The van der Waals surface area contributed by atoms with E-state index >= 15 is 0 Å². The molecule has 0 saturated carbocycles. The number of nitrogens with zero attached hydrogens (tertiary/aromatic N) is 4. The lowest BCUT2D eigenvalue weighted by atomic mass is 10.3. The molecule has 0 aromatic carbocycles. The number of nitrogen functional groups attached to an aromatic ring is 1. The molecule has 80 valence electrons. The molecule has 8 nitrogen and oxygen atoms in total. The highest BCUT2D eigenvalue weighted by molar-refractivity contribution is 5.63. The summed E-state index contributed by atoms with van der Waals surface area (Å²) in [5.74, 6) is 0.628. The van der Waals surface area contributed by atoms with Crippen molar-refractivity contribution in [3.05, 3.63) is 18.6 Å². The summed E-state index contributed by atoms with van der Waals surface area (Å²) in [6.45, 7) is 0. The fraction of sp³-hybridized carbons (Fsp3) is 0. The van der Waals surface area contributed by atoms with Gasteiger partial charge in [-0.1, -0.05) is 5.16 Å². The van der Waals surface area contributed by atoms with E-state index < -0.39 is 0 Å². The van der Waals surface area contributed by atoms with Crippen LogP contribution in [0, 0.1) is 0 Å². The van der Waals surface area contributed by atoms with Crippen LogP contribution in [-0.2, 0) is 0 Å². The SMILES string of the molecule is Nc1nonc1-c1nc(-c2ccoc2)no1. The van der Waals surface area contributed by atoms with Crippen molar-refractivity contribution in [2.45, 2.75) is 0 Å². The first-order valence-electron chi connectivity index (χ1n) is 4.29. The van der Waals surface area contributed by atoms with Gasteiger partial charge in [-0.2, -0.15) is 4.98 Å². The minimum absolute atomic E-state index is 0.0994. The van der Waals surface area contributed by atoms with Crippen LogP contribution in [0.15, 0.2) is 32.2 Å². The Morgan fingerprint density at radius 3 is 2.81 bits per heavy atom. The van der Waals surface area contributed by atoms with E-state index in [4.69, 9.17) is 14.7 Å². The lowest BCUT2D eigenvalue weighted by Gasteiger charge is -1.83. The Labute approximate surface area is 88.0 Å². The van der Waals surface area contributed by atoms with Crippen LogP contribution in [0.5, 0.6) is 0 Å². The lowest BCUT2D eigenvalue weighted by molar-refractivity contribution is 0.308. The summed E-state index contributed by atoms with van der Waals surface area (Å²) >= 11 is 0. The quantitative estimate of drug-likeness (QED) is 0.677. The standard InChI is InChI=1S/C8H5N5O3/c9-6-5(11-16-12-6)8-10-7(13-15-8)4-1-2-14-3-4/h1-3H,(H2,9,12). The molecule has 0 aliphatic heterocycles. The van der Waals surface area contributed by atoms with E-state index in [1.54, 1.807) is 6.07 Å².